The molecular weight excluding hydrogens is 306 g/mol. The zero-order valence-corrected chi connectivity index (χ0v) is 13.5. The number of hydrogen-bond donors (Lipinski definition) is 0. The SMILES string of the molecule is Cc1ccccc1OCC(=O)Oc1ccc(N2CCCC2=O)cc1. The van der Waals surface area contributed by atoms with Gasteiger partial charge in [-0.3, -0.25) is 4.79 Å². The highest BCUT2D eigenvalue weighted by atomic mass is 16.6. The molecular formula is C19H19NO4. The summed E-state index contributed by atoms with van der Waals surface area (Å²) in [5.74, 6) is 0.760. The first-order valence-electron chi connectivity index (χ1n) is 7.93. The second-order valence-corrected chi connectivity index (χ2v) is 5.67. The van der Waals surface area contributed by atoms with Crippen LogP contribution in [0.3, 0.4) is 0 Å². The van der Waals surface area contributed by atoms with Crippen LogP contribution in [0.25, 0.3) is 0 Å². The number of para-hydroxylation sites is 1. The topological polar surface area (TPSA) is 55.8 Å². The maximum Gasteiger partial charge on any atom is 0.349 e. The summed E-state index contributed by atoms with van der Waals surface area (Å²) in [6.45, 7) is 2.50. The molecule has 124 valence electrons. The van der Waals surface area contributed by atoms with Crippen LogP contribution in [0, 0.1) is 6.92 Å². The molecule has 5 nitrogen and oxygen atoms in total. The Hall–Kier alpha value is -2.82. The molecule has 1 heterocycles. The molecule has 1 amide bonds. The van der Waals surface area contributed by atoms with Gasteiger partial charge in [0.15, 0.2) is 6.61 Å². The van der Waals surface area contributed by atoms with Crippen molar-refractivity contribution in [3.8, 4) is 11.5 Å². The molecule has 0 N–H and O–H groups in total. The normalized spacial score (nSPS) is 13.9. The third-order valence-electron chi connectivity index (χ3n) is 3.89. The Kier molecular flexibility index (Phi) is 4.79. The maximum atomic E-state index is 11.9. The lowest BCUT2D eigenvalue weighted by atomic mass is 10.2. The van der Waals surface area contributed by atoms with E-state index in [9.17, 15) is 9.59 Å². The minimum atomic E-state index is -0.469. The molecule has 24 heavy (non-hydrogen) atoms. The van der Waals surface area contributed by atoms with E-state index in [1.54, 1.807) is 29.2 Å². The largest absolute Gasteiger partial charge is 0.482 e. The molecule has 0 aliphatic carbocycles. The standard InChI is InChI=1S/C19H19NO4/c1-14-5-2-3-6-17(14)23-13-19(22)24-16-10-8-15(9-11-16)20-12-4-7-18(20)21/h2-3,5-6,8-11H,4,7,12-13H2,1H3. The summed E-state index contributed by atoms with van der Waals surface area (Å²) in [5.41, 5.74) is 1.79. The number of carbonyl (C=O) groups is 2. The second-order valence-electron chi connectivity index (χ2n) is 5.67. The smallest absolute Gasteiger partial charge is 0.349 e. The number of anilines is 1. The van der Waals surface area contributed by atoms with Crippen LogP contribution in [0.4, 0.5) is 5.69 Å². The van der Waals surface area contributed by atoms with Gasteiger partial charge in [0.2, 0.25) is 5.91 Å². The van der Waals surface area contributed by atoms with E-state index in [0.29, 0.717) is 17.9 Å². The first kappa shape index (κ1) is 16.1. The summed E-state index contributed by atoms with van der Waals surface area (Å²) < 4.78 is 10.7. The Labute approximate surface area is 140 Å². The van der Waals surface area contributed by atoms with Crippen molar-refractivity contribution in [3.63, 3.8) is 0 Å². The Bertz CT molecular complexity index is 739. The molecule has 3 rings (SSSR count). The van der Waals surface area contributed by atoms with E-state index in [4.69, 9.17) is 9.47 Å². The summed E-state index contributed by atoms with van der Waals surface area (Å²) in [5, 5.41) is 0. The first-order valence-corrected chi connectivity index (χ1v) is 7.93. The number of carbonyl (C=O) groups excluding carboxylic acids is 2. The summed E-state index contributed by atoms with van der Waals surface area (Å²) in [6.07, 6.45) is 1.47. The van der Waals surface area contributed by atoms with E-state index >= 15 is 0 Å². The van der Waals surface area contributed by atoms with Crippen LogP contribution in [-0.2, 0) is 9.59 Å². The number of nitrogens with zero attached hydrogens (tertiary/aromatic N) is 1. The van der Waals surface area contributed by atoms with Crippen LogP contribution < -0.4 is 14.4 Å². The molecule has 0 bridgehead atoms. The highest BCUT2D eigenvalue weighted by molar-refractivity contribution is 5.95. The summed E-state index contributed by atoms with van der Waals surface area (Å²) in [4.78, 5) is 25.3. The van der Waals surface area contributed by atoms with E-state index in [2.05, 4.69) is 0 Å². The van der Waals surface area contributed by atoms with E-state index in [1.807, 2.05) is 31.2 Å². The van der Waals surface area contributed by atoms with Gasteiger partial charge in [0, 0.05) is 18.7 Å². The molecule has 0 saturated carbocycles. The van der Waals surface area contributed by atoms with Crippen LogP contribution in [0.1, 0.15) is 18.4 Å². The predicted octanol–water partition coefficient (Wildman–Crippen LogP) is 3.11. The second kappa shape index (κ2) is 7.17. The number of amides is 1. The zero-order chi connectivity index (χ0) is 16.9. The molecule has 1 aliphatic rings. The van der Waals surface area contributed by atoms with E-state index in [-0.39, 0.29) is 12.5 Å². The van der Waals surface area contributed by atoms with E-state index in [1.165, 1.54) is 0 Å². The molecule has 1 fully saturated rings. The van der Waals surface area contributed by atoms with Gasteiger partial charge in [0.05, 0.1) is 0 Å². The minimum absolute atomic E-state index is 0.131. The number of ether oxygens (including phenoxy) is 2. The minimum Gasteiger partial charge on any atom is -0.482 e. The fourth-order valence-electron chi connectivity index (χ4n) is 2.63. The van der Waals surface area contributed by atoms with Gasteiger partial charge in [-0.05, 0) is 49.2 Å². The van der Waals surface area contributed by atoms with Gasteiger partial charge < -0.3 is 14.4 Å². The van der Waals surface area contributed by atoms with Crippen LogP contribution in [0.5, 0.6) is 11.5 Å². The first-order chi connectivity index (χ1) is 11.6. The van der Waals surface area contributed by atoms with Gasteiger partial charge in [-0.15, -0.1) is 0 Å². The van der Waals surface area contributed by atoms with Gasteiger partial charge in [-0.1, -0.05) is 18.2 Å². The van der Waals surface area contributed by atoms with Crippen LogP contribution >= 0.6 is 0 Å². The van der Waals surface area contributed by atoms with Gasteiger partial charge >= 0.3 is 5.97 Å². The third kappa shape index (κ3) is 3.74. The maximum absolute atomic E-state index is 11.9. The summed E-state index contributed by atoms with van der Waals surface area (Å²) in [7, 11) is 0. The number of rotatable bonds is 5. The molecule has 0 atom stereocenters. The van der Waals surface area contributed by atoms with Crippen molar-refractivity contribution < 1.29 is 19.1 Å². The average molecular weight is 325 g/mol. The summed E-state index contributed by atoms with van der Waals surface area (Å²) in [6, 6.07) is 14.4. The Morgan fingerprint density at radius 3 is 2.54 bits per heavy atom. The highest BCUT2D eigenvalue weighted by Crippen LogP contribution is 2.24. The van der Waals surface area contributed by atoms with Crippen molar-refractivity contribution in [1.29, 1.82) is 0 Å². The summed E-state index contributed by atoms with van der Waals surface area (Å²) >= 11 is 0. The van der Waals surface area contributed by atoms with Crippen molar-refractivity contribution in [1.82, 2.24) is 0 Å². The molecule has 0 aromatic heterocycles. The average Bonchev–Trinajstić information content (AvgIpc) is 3.01. The predicted molar refractivity (Wildman–Crippen MR) is 90.3 cm³/mol. The Balaban J connectivity index is 1.55. The lowest BCUT2D eigenvalue weighted by Gasteiger charge is -2.15. The van der Waals surface area contributed by atoms with Gasteiger partial charge in [0.25, 0.3) is 0 Å². The lowest BCUT2D eigenvalue weighted by molar-refractivity contribution is -0.136. The molecule has 2 aromatic carbocycles. The van der Waals surface area contributed by atoms with Crippen molar-refractivity contribution in [3.05, 3.63) is 54.1 Å². The fraction of sp³-hybridized carbons (Fsp3) is 0.263. The van der Waals surface area contributed by atoms with E-state index < -0.39 is 5.97 Å². The fourth-order valence-corrected chi connectivity index (χ4v) is 2.63. The zero-order valence-electron chi connectivity index (χ0n) is 13.5. The number of hydrogen-bond acceptors (Lipinski definition) is 4. The Morgan fingerprint density at radius 1 is 1.12 bits per heavy atom. The number of aryl methyl sites for hydroxylation is 1. The molecule has 2 aromatic rings. The van der Waals surface area contributed by atoms with Gasteiger partial charge in [-0.2, -0.15) is 0 Å². The van der Waals surface area contributed by atoms with Crippen molar-refractivity contribution in [2.45, 2.75) is 19.8 Å². The molecule has 0 radical (unpaired) electrons. The molecule has 5 heteroatoms. The van der Waals surface area contributed by atoms with Crippen molar-refractivity contribution in [2.75, 3.05) is 18.1 Å². The van der Waals surface area contributed by atoms with Crippen LogP contribution in [-0.4, -0.2) is 25.0 Å². The molecule has 1 aliphatic heterocycles. The Morgan fingerprint density at radius 2 is 1.88 bits per heavy atom. The highest BCUT2D eigenvalue weighted by Gasteiger charge is 2.21. The van der Waals surface area contributed by atoms with Crippen LogP contribution in [0.2, 0.25) is 0 Å². The number of esters is 1. The monoisotopic (exact) mass is 325 g/mol. The van der Waals surface area contributed by atoms with E-state index in [0.717, 1.165) is 24.2 Å². The molecule has 1 saturated heterocycles. The van der Waals surface area contributed by atoms with Gasteiger partial charge in [0.1, 0.15) is 11.5 Å². The quantitative estimate of drug-likeness (QED) is 0.626. The lowest BCUT2D eigenvalue weighted by Crippen LogP contribution is -2.23. The molecule has 0 unspecified atom stereocenters. The third-order valence-corrected chi connectivity index (χ3v) is 3.89. The van der Waals surface area contributed by atoms with Crippen LogP contribution in [0.15, 0.2) is 48.5 Å². The molecule has 0 spiro atoms. The van der Waals surface area contributed by atoms with Crippen molar-refractivity contribution in [2.24, 2.45) is 0 Å². The number of benzene rings is 2. The van der Waals surface area contributed by atoms with Crippen molar-refractivity contribution >= 4 is 17.6 Å². The van der Waals surface area contributed by atoms with Gasteiger partial charge in [-0.25, -0.2) is 4.79 Å².